The van der Waals surface area contributed by atoms with Crippen LogP contribution < -0.4 is 5.73 Å². The molecule has 2 aromatic heterocycles. The molecule has 0 fully saturated rings. The lowest BCUT2D eigenvalue weighted by Crippen LogP contribution is -2.27. The number of hydrogen-bond donors (Lipinski definition) is 1. The molecular formula is C16H19N3OS. The first-order chi connectivity index (χ1) is 10.2. The van der Waals surface area contributed by atoms with E-state index in [9.17, 15) is 4.79 Å². The summed E-state index contributed by atoms with van der Waals surface area (Å²) in [7, 11) is 1.82. The first-order valence-electron chi connectivity index (χ1n) is 6.82. The van der Waals surface area contributed by atoms with Gasteiger partial charge in [0.25, 0.3) is 5.91 Å². The molecule has 5 heteroatoms. The molecule has 2 rings (SSSR count). The van der Waals surface area contributed by atoms with Crippen LogP contribution in [0.15, 0.2) is 29.8 Å². The van der Waals surface area contributed by atoms with E-state index in [-0.39, 0.29) is 5.91 Å². The molecule has 21 heavy (non-hydrogen) atoms. The molecule has 0 saturated carbocycles. The molecule has 0 unspecified atom stereocenters. The van der Waals surface area contributed by atoms with Crippen LogP contribution in [0.1, 0.15) is 27.9 Å². The molecule has 0 bridgehead atoms. The maximum absolute atomic E-state index is 12.4. The molecule has 2 aromatic rings. The quantitative estimate of drug-likeness (QED) is 0.880. The first kappa shape index (κ1) is 15.4. The van der Waals surface area contributed by atoms with E-state index in [1.807, 2.05) is 48.3 Å². The van der Waals surface area contributed by atoms with E-state index in [1.54, 1.807) is 16.2 Å². The molecule has 0 aliphatic carbocycles. The fourth-order valence-corrected chi connectivity index (χ4v) is 2.94. The fraction of sp³-hybridized carbons (Fsp3) is 0.312. The van der Waals surface area contributed by atoms with Gasteiger partial charge < -0.3 is 15.2 Å². The third-order valence-corrected chi connectivity index (χ3v) is 4.04. The number of carbonyl (C=O) groups excluding carboxylic acids is 1. The van der Waals surface area contributed by atoms with E-state index in [1.165, 1.54) is 0 Å². The maximum Gasteiger partial charge on any atom is 0.270 e. The second-order valence-corrected chi connectivity index (χ2v) is 5.64. The number of thiophene rings is 1. The molecule has 0 saturated heterocycles. The summed E-state index contributed by atoms with van der Waals surface area (Å²) in [5.41, 5.74) is 7.04. The average molecular weight is 301 g/mol. The van der Waals surface area contributed by atoms with Gasteiger partial charge in [0.1, 0.15) is 5.69 Å². The maximum atomic E-state index is 12.4. The lowest BCUT2D eigenvalue weighted by atomic mass is 10.3. The smallest absolute Gasteiger partial charge is 0.270 e. The minimum atomic E-state index is 0.0323. The van der Waals surface area contributed by atoms with Crippen molar-refractivity contribution in [2.45, 2.75) is 20.0 Å². The van der Waals surface area contributed by atoms with E-state index in [4.69, 9.17) is 5.73 Å². The van der Waals surface area contributed by atoms with Crippen molar-refractivity contribution in [3.8, 4) is 11.8 Å². The minimum absolute atomic E-state index is 0.0323. The highest BCUT2D eigenvalue weighted by atomic mass is 32.1. The molecule has 0 radical (unpaired) electrons. The molecule has 0 aliphatic heterocycles. The van der Waals surface area contributed by atoms with E-state index < -0.39 is 0 Å². The SMILES string of the molecule is CCn1cccc1C(=O)N(C)Cc1cc(C#CCN)cs1. The van der Waals surface area contributed by atoms with Crippen molar-refractivity contribution in [2.75, 3.05) is 13.6 Å². The van der Waals surface area contributed by atoms with Gasteiger partial charge in [-0.25, -0.2) is 0 Å². The number of amides is 1. The third kappa shape index (κ3) is 3.75. The Morgan fingerprint density at radius 2 is 2.33 bits per heavy atom. The van der Waals surface area contributed by atoms with E-state index in [0.29, 0.717) is 13.1 Å². The van der Waals surface area contributed by atoms with Gasteiger partial charge in [0.2, 0.25) is 0 Å². The Morgan fingerprint density at radius 1 is 1.52 bits per heavy atom. The summed E-state index contributed by atoms with van der Waals surface area (Å²) in [6, 6.07) is 5.76. The normalized spacial score (nSPS) is 10.0. The van der Waals surface area contributed by atoms with Crippen LogP contribution in [0, 0.1) is 11.8 Å². The van der Waals surface area contributed by atoms with Crippen LogP contribution in [0.2, 0.25) is 0 Å². The van der Waals surface area contributed by atoms with Crippen molar-refractivity contribution in [2.24, 2.45) is 5.73 Å². The van der Waals surface area contributed by atoms with Gasteiger partial charge in [0.05, 0.1) is 13.1 Å². The second-order valence-electron chi connectivity index (χ2n) is 4.65. The monoisotopic (exact) mass is 301 g/mol. The summed E-state index contributed by atoms with van der Waals surface area (Å²) >= 11 is 1.61. The largest absolute Gasteiger partial charge is 0.344 e. The van der Waals surface area contributed by atoms with Crippen LogP contribution in [0.5, 0.6) is 0 Å². The molecule has 0 aromatic carbocycles. The van der Waals surface area contributed by atoms with Gasteiger partial charge in [0, 0.05) is 35.6 Å². The second kappa shape index (κ2) is 7.11. The highest BCUT2D eigenvalue weighted by Gasteiger charge is 2.15. The van der Waals surface area contributed by atoms with Crippen LogP contribution in [0.3, 0.4) is 0 Å². The summed E-state index contributed by atoms with van der Waals surface area (Å²) < 4.78 is 1.95. The Hall–Kier alpha value is -2.03. The van der Waals surface area contributed by atoms with Crippen molar-refractivity contribution in [1.29, 1.82) is 0 Å². The highest BCUT2D eigenvalue weighted by Crippen LogP contribution is 2.17. The zero-order valence-corrected chi connectivity index (χ0v) is 13.1. The highest BCUT2D eigenvalue weighted by molar-refractivity contribution is 7.10. The molecular weight excluding hydrogens is 282 g/mol. The van der Waals surface area contributed by atoms with Crippen LogP contribution in [-0.2, 0) is 13.1 Å². The van der Waals surface area contributed by atoms with Crippen molar-refractivity contribution >= 4 is 17.2 Å². The molecule has 0 aliphatic rings. The molecule has 2 N–H and O–H groups in total. The Bertz CT molecular complexity index is 675. The molecule has 2 heterocycles. The van der Waals surface area contributed by atoms with Crippen molar-refractivity contribution in [1.82, 2.24) is 9.47 Å². The topological polar surface area (TPSA) is 51.3 Å². The van der Waals surface area contributed by atoms with Gasteiger partial charge in [0.15, 0.2) is 0 Å². The first-order valence-corrected chi connectivity index (χ1v) is 7.70. The zero-order valence-electron chi connectivity index (χ0n) is 12.3. The standard InChI is InChI=1S/C16H19N3OS/c1-3-19-9-5-7-15(19)16(20)18(2)11-14-10-13(12-21-14)6-4-8-17/h5,7,9-10,12H,3,8,11,17H2,1-2H3. The molecule has 1 amide bonds. The van der Waals surface area contributed by atoms with Gasteiger partial charge in [-0.2, -0.15) is 0 Å². The Balaban J connectivity index is 2.05. The van der Waals surface area contributed by atoms with Gasteiger partial charge in [-0.1, -0.05) is 11.8 Å². The zero-order chi connectivity index (χ0) is 15.2. The summed E-state index contributed by atoms with van der Waals surface area (Å²) in [6.07, 6.45) is 1.92. The molecule has 0 spiro atoms. The van der Waals surface area contributed by atoms with Crippen LogP contribution in [0.25, 0.3) is 0 Å². The Labute approximate surface area is 129 Å². The van der Waals surface area contributed by atoms with Crippen LogP contribution in [-0.4, -0.2) is 29.0 Å². The van der Waals surface area contributed by atoms with Gasteiger partial charge >= 0.3 is 0 Å². The average Bonchev–Trinajstić information content (AvgIpc) is 3.12. The number of hydrogen-bond acceptors (Lipinski definition) is 3. The van der Waals surface area contributed by atoms with E-state index in [2.05, 4.69) is 11.8 Å². The number of aryl methyl sites for hydroxylation is 1. The number of aromatic nitrogens is 1. The molecule has 0 atom stereocenters. The number of rotatable bonds is 4. The van der Waals surface area contributed by atoms with Crippen LogP contribution >= 0.6 is 11.3 Å². The Morgan fingerprint density at radius 3 is 3.05 bits per heavy atom. The number of nitrogens with two attached hydrogens (primary N) is 1. The summed E-state index contributed by atoms with van der Waals surface area (Å²) in [4.78, 5) is 15.3. The molecule has 4 nitrogen and oxygen atoms in total. The van der Waals surface area contributed by atoms with Crippen molar-refractivity contribution in [3.63, 3.8) is 0 Å². The van der Waals surface area contributed by atoms with Gasteiger partial charge in [-0.3, -0.25) is 4.79 Å². The van der Waals surface area contributed by atoms with Crippen molar-refractivity contribution < 1.29 is 4.79 Å². The fourth-order valence-electron chi connectivity index (χ4n) is 2.07. The van der Waals surface area contributed by atoms with Crippen molar-refractivity contribution in [3.05, 3.63) is 45.9 Å². The summed E-state index contributed by atoms with van der Waals surface area (Å²) in [5, 5.41) is 1.99. The van der Waals surface area contributed by atoms with E-state index in [0.717, 1.165) is 22.7 Å². The number of carbonyl (C=O) groups is 1. The number of nitrogens with zero attached hydrogens (tertiary/aromatic N) is 2. The van der Waals surface area contributed by atoms with Gasteiger partial charge in [-0.15, -0.1) is 11.3 Å². The summed E-state index contributed by atoms with van der Waals surface area (Å²) in [6.45, 7) is 3.76. The lowest BCUT2D eigenvalue weighted by Gasteiger charge is -2.17. The third-order valence-electron chi connectivity index (χ3n) is 3.12. The Kier molecular flexibility index (Phi) is 5.20. The van der Waals surface area contributed by atoms with E-state index >= 15 is 0 Å². The minimum Gasteiger partial charge on any atom is -0.344 e. The van der Waals surface area contributed by atoms with Gasteiger partial charge in [-0.05, 0) is 25.1 Å². The predicted molar refractivity (Wildman–Crippen MR) is 86.2 cm³/mol. The lowest BCUT2D eigenvalue weighted by molar-refractivity contribution is 0.0776. The summed E-state index contributed by atoms with van der Waals surface area (Å²) in [5.74, 6) is 5.87. The molecule has 110 valence electrons. The van der Waals surface area contributed by atoms with Crippen LogP contribution in [0.4, 0.5) is 0 Å². The predicted octanol–water partition coefficient (Wildman–Crippen LogP) is 2.15.